The van der Waals surface area contributed by atoms with Gasteiger partial charge in [-0.25, -0.2) is 0 Å². The number of rotatable bonds is 0. The molecule has 0 N–H and O–H groups in total. The van der Waals surface area contributed by atoms with Crippen molar-refractivity contribution in [1.29, 1.82) is 0 Å². The molecule has 0 aliphatic heterocycles. The van der Waals surface area contributed by atoms with E-state index in [1.807, 2.05) is 6.08 Å². The molecule has 0 heterocycles. The van der Waals surface area contributed by atoms with Crippen molar-refractivity contribution in [3.05, 3.63) is 23.3 Å². The number of Topliss-reactive ketones (excluding diaryl/α,β-unsaturated/α-hetero) is 2. The highest BCUT2D eigenvalue weighted by atomic mass is 16.2. The minimum absolute atomic E-state index is 0.110. The first-order valence-electron chi connectivity index (χ1n) is 7.90. The molecule has 0 bridgehead atoms. The summed E-state index contributed by atoms with van der Waals surface area (Å²) in [5.74, 6) is 1.17. The Morgan fingerprint density at radius 3 is 2.40 bits per heavy atom. The van der Waals surface area contributed by atoms with Crippen LogP contribution in [-0.2, 0) is 9.59 Å². The maximum Gasteiger partial charge on any atom is 0.206 e. The van der Waals surface area contributed by atoms with Gasteiger partial charge in [-0.15, -0.1) is 0 Å². The summed E-state index contributed by atoms with van der Waals surface area (Å²) in [7, 11) is 0. The van der Waals surface area contributed by atoms with Crippen molar-refractivity contribution in [3.8, 4) is 0 Å². The van der Waals surface area contributed by atoms with Gasteiger partial charge in [0.15, 0.2) is 0 Å². The number of ketones is 2. The lowest BCUT2D eigenvalue weighted by Crippen LogP contribution is -2.48. The summed E-state index contributed by atoms with van der Waals surface area (Å²) in [5, 5.41) is 0. The van der Waals surface area contributed by atoms with Crippen molar-refractivity contribution in [1.82, 2.24) is 0 Å². The molecule has 0 aromatic carbocycles. The minimum atomic E-state index is -0.194. The van der Waals surface area contributed by atoms with Gasteiger partial charge in [0.2, 0.25) is 11.6 Å². The highest BCUT2D eigenvalue weighted by Gasteiger charge is 2.50. The Balaban J connectivity index is 2.16. The molecule has 2 nitrogen and oxygen atoms in total. The van der Waals surface area contributed by atoms with Crippen LogP contribution in [0.2, 0.25) is 0 Å². The number of hydrogen-bond donors (Lipinski definition) is 0. The lowest BCUT2D eigenvalue weighted by atomic mass is 9.56. The maximum absolute atomic E-state index is 12.4. The Hall–Kier alpha value is -1.18. The van der Waals surface area contributed by atoms with E-state index in [1.165, 1.54) is 11.1 Å². The van der Waals surface area contributed by atoms with E-state index in [0.717, 1.165) is 12.8 Å². The Bertz CT molecular complexity index is 526. The average Bonchev–Trinajstić information content (AvgIpc) is 2.43. The highest BCUT2D eigenvalue weighted by molar-refractivity contribution is 6.40. The molecular formula is C18H24O2. The summed E-state index contributed by atoms with van der Waals surface area (Å²) in [4.78, 5) is 24.9. The third-order valence-corrected chi connectivity index (χ3v) is 6.08. The topological polar surface area (TPSA) is 34.1 Å². The molecule has 1 fully saturated rings. The second-order valence-electron chi connectivity index (χ2n) is 7.05. The van der Waals surface area contributed by atoms with Crippen molar-refractivity contribution >= 4 is 11.6 Å². The summed E-state index contributed by atoms with van der Waals surface area (Å²) in [5.41, 5.74) is 2.70. The summed E-state index contributed by atoms with van der Waals surface area (Å²) < 4.78 is 0. The van der Waals surface area contributed by atoms with Crippen molar-refractivity contribution in [2.45, 2.75) is 40.5 Å². The normalized spacial score (nSPS) is 44.4. The van der Waals surface area contributed by atoms with Gasteiger partial charge in [-0.3, -0.25) is 9.59 Å². The summed E-state index contributed by atoms with van der Waals surface area (Å²) in [6.45, 7) is 8.89. The zero-order valence-corrected chi connectivity index (χ0v) is 12.8. The molecular weight excluding hydrogens is 248 g/mol. The van der Waals surface area contributed by atoms with Gasteiger partial charge in [0.05, 0.1) is 5.92 Å². The number of carbonyl (C=O) groups is 2. The van der Waals surface area contributed by atoms with E-state index in [1.54, 1.807) is 0 Å². The highest BCUT2D eigenvalue weighted by Crippen LogP contribution is 2.50. The number of allylic oxidation sites excluding steroid dienone is 4. The minimum Gasteiger partial charge on any atom is -0.290 e. The predicted molar refractivity (Wildman–Crippen MR) is 79.1 cm³/mol. The average molecular weight is 272 g/mol. The van der Waals surface area contributed by atoms with E-state index in [4.69, 9.17) is 0 Å². The standard InChI is InChI=1S/C18H24O2/c1-9-5-7-13-15(11(9)3)16-12(4)10(2)6-8-14(16)18(20)17(13)19/h5,7,9-11,13-15H,6,8H2,1-4H3. The number of fused-ring (bicyclic) bond motifs is 3. The zero-order valence-electron chi connectivity index (χ0n) is 12.8. The third-order valence-electron chi connectivity index (χ3n) is 6.08. The number of carbonyl (C=O) groups excluding carboxylic acids is 2. The van der Waals surface area contributed by atoms with E-state index in [2.05, 4.69) is 33.8 Å². The third kappa shape index (κ3) is 1.77. The summed E-state index contributed by atoms with van der Waals surface area (Å²) >= 11 is 0. The fourth-order valence-corrected chi connectivity index (χ4v) is 4.42. The SMILES string of the molecule is CC1=C2C(CCC1C)C(=O)C(=O)C1C=CC(C)C(C)C21. The van der Waals surface area contributed by atoms with Gasteiger partial charge in [0.1, 0.15) is 0 Å². The van der Waals surface area contributed by atoms with Gasteiger partial charge >= 0.3 is 0 Å². The van der Waals surface area contributed by atoms with Gasteiger partial charge in [0, 0.05) is 5.92 Å². The van der Waals surface area contributed by atoms with Crippen LogP contribution in [0, 0.1) is 35.5 Å². The Morgan fingerprint density at radius 1 is 1.00 bits per heavy atom. The fraction of sp³-hybridized carbons (Fsp3) is 0.667. The lowest BCUT2D eigenvalue weighted by Gasteiger charge is -2.46. The van der Waals surface area contributed by atoms with Gasteiger partial charge in [-0.05, 0) is 43.4 Å². The molecule has 0 spiro atoms. The van der Waals surface area contributed by atoms with Crippen LogP contribution in [0.15, 0.2) is 23.3 Å². The Kier molecular flexibility index (Phi) is 3.23. The van der Waals surface area contributed by atoms with Gasteiger partial charge in [-0.2, -0.15) is 0 Å². The second-order valence-corrected chi connectivity index (χ2v) is 7.05. The van der Waals surface area contributed by atoms with Crippen molar-refractivity contribution in [2.24, 2.45) is 35.5 Å². The van der Waals surface area contributed by atoms with Gasteiger partial charge in [-0.1, -0.05) is 44.1 Å². The molecule has 6 unspecified atom stereocenters. The van der Waals surface area contributed by atoms with Crippen LogP contribution in [0.3, 0.4) is 0 Å². The molecule has 0 amide bonds. The fourth-order valence-electron chi connectivity index (χ4n) is 4.42. The summed E-state index contributed by atoms with van der Waals surface area (Å²) in [6.07, 6.45) is 6.04. The first-order chi connectivity index (χ1) is 9.43. The molecule has 6 atom stereocenters. The van der Waals surface area contributed by atoms with Crippen LogP contribution in [0.1, 0.15) is 40.5 Å². The van der Waals surface area contributed by atoms with E-state index >= 15 is 0 Å². The van der Waals surface area contributed by atoms with Gasteiger partial charge in [0.25, 0.3) is 0 Å². The molecule has 3 aliphatic carbocycles. The number of hydrogen-bond acceptors (Lipinski definition) is 2. The molecule has 0 aromatic rings. The first-order valence-corrected chi connectivity index (χ1v) is 7.90. The van der Waals surface area contributed by atoms with Crippen molar-refractivity contribution < 1.29 is 9.59 Å². The van der Waals surface area contributed by atoms with E-state index in [-0.39, 0.29) is 29.3 Å². The second kappa shape index (κ2) is 4.68. The Morgan fingerprint density at radius 2 is 1.70 bits per heavy atom. The molecule has 0 saturated heterocycles. The van der Waals surface area contributed by atoms with E-state index in [0.29, 0.717) is 17.8 Å². The molecule has 108 valence electrons. The Labute approximate surface area is 121 Å². The van der Waals surface area contributed by atoms with Crippen molar-refractivity contribution in [3.63, 3.8) is 0 Å². The largest absolute Gasteiger partial charge is 0.290 e. The van der Waals surface area contributed by atoms with Crippen LogP contribution < -0.4 is 0 Å². The van der Waals surface area contributed by atoms with Crippen LogP contribution in [0.4, 0.5) is 0 Å². The molecule has 0 aromatic heterocycles. The molecule has 1 saturated carbocycles. The van der Waals surface area contributed by atoms with E-state index in [9.17, 15) is 9.59 Å². The van der Waals surface area contributed by atoms with Crippen LogP contribution in [0.25, 0.3) is 0 Å². The molecule has 2 heteroatoms. The summed E-state index contributed by atoms with van der Waals surface area (Å²) in [6, 6.07) is 0. The molecule has 20 heavy (non-hydrogen) atoms. The monoisotopic (exact) mass is 272 g/mol. The lowest BCUT2D eigenvalue weighted by molar-refractivity contribution is -0.143. The van der Waals surface area contributed by atoms with Crippen LogP contribution in [0.5, 0.6) is 0 Å². The molecule has 3 aliphatic rings. The quantitative estimate of drug-likeness (QED) is 0.499. The maximum atomic E-state index is 12.4. The van der Waals surface area contributed by atoms with Crippen LogP contribution in [-0.4, -0.2) is 11.6 Å². The smallest absolute Gasteiger partial charge is 0.206 e. The molecule has 3 rings (SSSR count). The van der Waals surface area contributed by atoms with Crippen molar-refractivity contribution in [2.75, 3.05) is 0 Å². The predicted octanol–water partition coefficient (Wildman–Crippen LogP) is 3.58. The first kappa shape index (κ1) is 13.8. The van der Waals surface area contributed by atoms with Crippen LogP contribution >= 0.6 is 0 Å². The molecule has 0 radical (unpaired) electrons. The van der Waals surface area contributed by atoms with Gasteiger partial charge < -0.3 is 0 Å². The van der Waals surface area contributed by atoms with E-state index < -0.39 is 0 Å². The zero-order chi connectivity index (χ0) is 14.6.